The molecule has 2 saturated heterocycles. The second-order valence-electron chi connectivity index (χ2n) is 9.41. The van der Waals surface area contributed by atoms with Crippen molar-refractivity contribution in [2.75, 3.05) is 64.7 Å². The Bertz CT molecular complexity index is 1000. The van der Waals surface area contributed by atoms with E-state index in [-0.39, 0.29) is 12.3 Å². The van der Waals surface area contributed by atoms with E-state index in [0.29, 0.717) is 44.2 Å². The highest BCUT2D eigenvalue weighted by Gasteiger charge is 2.30. The first-order valence-electron chi connectivity index (χ1n) is 12.4. The number of nitrogens with one attached hydrogen (secondary N) is 1. The molecule has 10 heteroatoms. The number of fused-ring (bicyclic) bond motifs is 1. The molecule has 0 amide bonds. The molecule has 1 aromatic carbocycles. The topological polar surface area (TPSA) is 90.0 Å². The van der Waals surface area contributed by atoms with E-state index >= 15 is 0 Å². The summed E-state index contributed by atoms with van der Waals surface area (Å²) in [4.78, 5) is 2.59. The normalized spacial score (nSPS) is 21.2. The second-order valence-corrected chi connectivity index (χ2v) is 13.4. The average molecular weight is 499 g/mol. The zero-order valence-electron chi connectivity index (χ0n) is 19.5. The number of piperidine rings is 1. The highest BCUT2D eigenvalue weighted by atomic mass is 32.2. The predicted molar refractivity (Wildman–Crippen MR) is 130 cm³/mol. The van der Waals surface area contributed by atoms with Crippen molar-refractivity contribution in [2.24, 2.45) is 0 Å². The number of rotatable bonds is 9. The number of likely N-dealkylation sites (tertiary alicyclic amines) is 1. The van der Waals surface area contributed by atoms with Gasteiger partial charge in [0.15, 0.2) is 0 Å². The molecule has 0 saturated carbocycles. The van der Waals surface area contributed by atoms with Crippen LogP contribution in [0.5, 0.6) is 0 Å². The summed E-state index contributed by atoms with van der Waals surface area (Å²) in [5, 5.41) is 3.16. The first kappa shape index (κ1) is 25.1. The Labute approximate surface area is 199 Å². The molecule has 4 rings (SSSR count). The van der Waals surface area contributed by atoms with Gasteiger partial charge in [-0.2, -0.15) is 8.61 Å². The van der Waals surface area contributed by atoms with Gasteiger partial charge in [-0.1, -0.05) is 12.5 Å². The summed E-state index contributed by atoms with van der Waals surface area (Å²) in [6.45, 7) is 5.03. The minimum absolute atomic E-state index is 0.0144. The Morgan fingerprint density at radius 2 is 1.52 bits per heavy atom. The minimum Gasteiger partial charge on any atom is -0.314 e. The highest BCUT2D eigenvalue weighted by Crippen LogP contribution is 2.26. The zero-order valence-corrected chi connectivity index (χ0v) is 21.2. The molecule has 0 bridgehead atoms. The minimum atomic E-state index is -3.78. The van der Waals surface area contributed by atoms with Gasteiger partial charge in [-0.3, -0.25) is 0 Å². The van der Waals surface area contributed by atoms with Crippen LogP contribution in [0.4, 0.5) is 0 Å². The summed E-state index contributed by atoms with van der Waals surface area (Å²) in [6.07, 6.45) is 7.62. The molecule has 3 aliphatic rings. The first-order valence-corrected chi connectivity index (χ1v) is 15.4. The fourth-order valence-electron chi connectivity index (χ4n) is 5.08. The maximum atomic E-state index is 13.7. The lowest BCUT2D eigenvalue weighted by Gasteiger charge is -2.31. The van der Waals surface area contributed by atoms with Crippen LogP contribution in [-0.2, 0) is 32.9 Å². The lowest BCUT2D eigenvalue weighted by Crippen LogP contribution is -2.49. The quantitative estimate of drug-likeness (QED) is 0.552. The van der Waals surface area contributed by atoms with Crippen molar-refractivity contribution < 1.29 is 16.8 Å². The molecule has 1 N–H and O–H groups in total. The monoisotopic (exact) mass is 498 g/mol. The van der Waals surface area contributed by atoms with Gasteiger partial charge < -0.3 is 10.2 Å². The van der Waals surface area contributed by atoms with Crippen molar-refractivity contribution in [3.63, 3.8) is 0 Å². The molecule has 0 atom stereocenters. The molecule has 0 spiro atoms. The van der Waals surface area contributed by atoms with Crippen molar-refractivity contribution in [2.45, 2.75) is 49.8 Å². The Morgan fingerprint density at radius 3 is 2.24 bits per heavy atom. The van der Waals surface area contributed by atoms with Crippen LogP contribution < -0.4 is 5.32 Å². The molecular formula is C23H38N4O4S2. The highest BCUT2D eigenvalue weighted by molar-refractivity contribution is 7.90. The molecule has 1 aromatic rings. The lowest BCUT2D eigenvalue weighted by molar-refractivity contribution is 0.214. The van der Waals surface area contributed by atoms with Gasteiger partial charge in [-0.05, 0) is 74.9 Å². The van der Waals surface area contributed by atoms with E-state index in [2.05, 4.69) is 10.2 Å². The largest absolute Gasteiger partial charge is 0.314 e. The molecule has 33 heavy (non-hydrogen) atoms. The van der Waals surface area contributed by atoms with Gasteiger partial charge in [-0.15, -0.1) is 0 Å². The first-order chi connectivity index (χ1) is 15.9. The van der Waals surface area contributed by atoms with Crippen molar-refractivity contribution in [1.82, 2.24) is 18.8 Å². The van der Waals surface area contributed by atoms with Gasteiger partial charge in [0.25, 0.3) is 0 Å². The zero-order chi connectivity index (χ0) is 23.3. The Kier molecular flexibility index (Phi) is 8.46. The summed E-state index contributed by atoms with van der Waals surface area (Å²) >= 11 is 0. The number of benzene rings is 1. The van der Waals surface area contributed by atoms with Crippen LogP contribution in [0.15, 0.2) is 23.1 Å². The van der Waals surface area contributed by atoms with Gasteiger partial charge in [0.05, 0.1) is 10.6 Å². The predicted octanol–water partition coefficient (Wildman–Crippen LogP) is 1.28. The number of hydrogen-bond acceptors (Lipinski definition) is 6. The van der Waals surface area contributed by atoms with Crippen LogP contribution in [0.2, 0.25) is 0 Å². The summed E-state index contributed by atoms with van der Waals surface area (Å²) in [5.41, 5.74) is 2.35. The lowest BCUT2D eigenvalue weighted by atomic mass is 9.92. The van der Waals surface area contributed by atoms with Crippen LogP contribution in [-0.4, -0.2) is 95.0 Å². The molecule has 2 heterocycles. The Morgan fingerprint density at radius 1 is 0.818 bits per heavy atom. The van der Waals surface area contributed by atoms with Gasteiger partial charge in [-0.25, -0.2) is 16.8 Å². The van der Waals surface area contributed by atoms with Crippen molar-refractivity contribution in [3.8, 4) is 0 Å². The van der Waals surface area contributed by atoms with Crippen LogP contribution >= 0.6 is 0 Å². The van der Waals surface area contributed by atoms with Crippen LogP contribution in [0.3, 0.4) is 0 Å². The van der Waals surface area contributed by atoms with Crippen molar-refractivity contribution >= 4 is 20.0 Å². The summed E-state index contributed by atoms with van der Waals surface area (Å²) in [7, 11) is -7.28. The number of sulfonamides is 2. The number of piperazine rings is 1. The van der Waals surface area contributed by atoms with E-state index in [4.69, 9.17) is 0 Å². The molecular weight excluding hydrogens is 460 g/mol. The van der Waals surface area contributed by atoms with Gasteiger partial charge in [0.1, 0.15) is 0 Å². The Balaban J connectivity index is 1.51. The molecule has 2 fully saturated rings. The van der Waals surface area contributed by atoms with E-state index in [9.17, 15) is 16.8 Å². The van der Waals surface area contributed by atoms with Gasteiger partial charge in [0.2, 0.25) is 20.0 Å². The molecule has 0 aromatic heterocycles. The van der Waals surface area contributed by atoms with E-state index in [1.807, 2.05) is 12.1 Å². The molecule has 8 nitrogen and oxygen atoms in total. The second kappa shape index (κ2) is 11.1. The average Bonchev–Trinajstić information content (AvgIpc) is 2.84. The number of nitrogens with zero attached hydrogens (tertiary/aromatic N) is 3. The SMILES string of the molecule is O=S(=O)(CCN(CCN1CCCCC1)S(=O)(=O)c1ccc2c(c1)CCCC2)N1CCNCC1. The maximum absolute atomic E-state index is 13.7. The molecule has 2 aliphatic heterocycles. The summed E-state index contributed by atoms with van der Waals surface area (Å²) in [6, 6.07) is 5.47. The number of hydrogen-bond donors (Lipinski definition) is 1. The van der Waals surface area contributed by atoms with Crippen LogP contribution in [0.25, 0.3) is 0 Å². The van der Waals surface area contributed by atoms with E-state index in [1.165, 1.54) is 20.6 Å². The van der Waals surface area contributed by atoms with Crippen molar-refractivity contribution in [1.29, 1.82) is 0 Å². The van der Waals surface area contributed by atoms with Crippen LogP contribution in [0, 0.1) is 0 Å². The number of aryl methyl sites for hydroxylation is 2. The van der Waals surface area contributed by atoms with E-state index < -0.39 is 20.0 Å². The Hall–Kier alpha value is -1.04. The third-order valence-corrected chi connectivity index (χ3v) is 10.9. The molecule has 0 radical (unpaired) electrons. The van der Waals surface area contributed by atoms with Gasteiger partial charge in [0, 0.05) is 45.8 Å². The molecule has 186 valence electrons. The third kappa shape index (κ3) is 6.35. The van der Waals surface area contributed by atoms with Gasteiger partial charge >= 0.3 is 0 Å². The molecule has 1 aliphatic carbocycles. The van der Waals surface area contributed by atoms with E-state index in [1.54, 1.807) is 6.07 Å². The summed E-state index contributed by atoms with van der Waals surface area (Å²) in [5.74, 6) is -0.183. The smallest absolute Gasteiger partial charge is 0.243 e. The van der Waals surface area contributed by atoms with Crippen LogP contribution in [0.1, 0.15) is 43.2 Å². The summed E-state index contributed by atoms with van der Waals surface area (Å²) < 4.78 is 56.1. The molecule has 0 unspecified atom stereocenters. The fraction of sp³-hybridized carbons (Fsp3) is 0.739. The third-order valence-electron chi connectivity index (χ3n) is 7.14. The maximum Gasteiger partial charge on any atom is 0.243 e. The fourth-order valence-corrected chi connectivity index (χ4v) is 8.12. The van der Waals surface area contributed by atoms with Crippen molar-refractivity contribution in [3.05, 3.63) is 29.3 Å². The van der Waals surface area contributed by atoms with E-state index in [0.717, 1.165) is 57.2 Å². The standard InChI is InChI=1S/C23H38N4O4S2/c28-32(29,26-14-10-24-11-15-26)19-18-27(17-16-25-12-4-1-5-13-25)33(30,31)23-9-8-21-6-2-3-7-22(21)20-23/h8-9,20,24H,1-7,10-19H2.